The molecule has 1 aromatic rings. The Hall–Kier alpha value is -1.35. The molecule has 0 amide bonds. The Morgan fingerprint density at radius 1 is 1.19 bits per heavy atom. The molecule has 0 aromatic heterocycles. The number of rotatable bonds is 6. The van der Waals surface area contributed by atoms with E-state index in [-0.39, 0.29) is 12.5 Å². The van der Waals surface area contributed by atoms with Gasteiger partial charge in [0.15, 0.2) is 0 Å². The summed E-state index contributed by atoms with van der Waals surface area (Å²) in [6, 6.07) is 10.1. The number of aliphatic carboxylic acids is 1. The monoisotopic (exact) mass is 289 g/mol. The van der Waals surface area contributed by atoms with Crippen molar-refractivity contribution in [1.82, 2.24) is 4.90 Å². The molecule has 1 aliphatic rings. The molecule has 3 nitrogen and oxygen atoms in total. The lowest BCUT2D eigenvalue weighted by Gasteiger charge is -2.44. The first kappa shape index (κ1) is 16.0. The summed E-state index contributed by atoms with van der Waals surface area (Å²) in [6.07, 6.45) is 5.01. The second-order valence-corrected chi connectivity index (χ2v) is 6.27. The van der Waals surface area contributed by atoms with E-state index in [2.05, 4.69) is 30.9 Å². The third-order valence-corrected chi connectivity index (χ3v) is 5.35. The topological polar surface area (TPSA) is 40.5 Å². The minimum absolute atomic E-state index is 0.00964. The predicted molar refractivity (Wildman–Crippen MR) is 85.3 cm³/mol. The predicted octanol–water partition coefficient (Wildman–Crippen LogP) is 4.10. The number of carboxylic acid groups (broad SMARTS) is 1. The van der Waals surface area contributed by atoms with Crippen molar-refractivity contribution in [2.75, 3.05) is 13.1 Å². The van der Waals surface area contributed by atoms with E-state index < -0.39 is 5.97 Å². The number of benzene rings is 1. The van der Waals surface area contributed by atoms with Crippen LogP contribution in [-0.2, 0) is 4.79 Å². The molecular formula is C18H27NO2. The molecule has 0 radical (unpaired) electrons. The molecular weight excluding hydrogens is 262 g/mol. The van der Waals surface area contributed by atoms with Crippen molar-refractivity contribution in [3.63, 3.8) is 0 Å². The van der Waals surface area contributed by atoms with Crippen LogP contribution < -0.4 is 0 Å². The summed E-state index contributed by atoms with van der Waals surface area (Å²) in [7, 11) is 0. The molecule has 2 rings (SSSR count). The molecule has 1 N–H and O–H groups in total. The van der Waals surface area contributed by atoms with Crippen molar-refractivity contribution in [3.8, 4) is 0 Å². The van der Waals surface area contributed by atoms with Gasteiger partial charge in [-0.25, -0.2) is 0 Å². The SMILES string of the molecule is CCC1(CC)CCN(C(CC(=O)O)c2ccccc2)CC1. The zero-order valence-corrected chi connectivity index (χ0v) is 13.2. The van der Waals surface area contributed by atoms with Crippen LogP contribution in [0, 0.1) is 5.41 Å². The summed E-state index contributed by atoms with van der Waals surface area (Å²) in [6.45, 7) is 6.58. The Morgan fingerprint density at radius 2 is 1.76 bits per heavy atom. The Morgan fingerprint density at radius 3 is 2.24 bits per heavy atom. The minimum Gasteiger partial charge on any atom is -0.481 e. The Kier molecular flexibility index (Phi) is 5.40. The quantitative estimate of drug-likeness (QED) is 0.857. The van der Waals surface area contributed by atoms with Gasteiger partial charge in [-0.15, -0.1) is 0 Å². The number of hydrogen-bond acceptors (Lipinski definition) is 2. The number of piperidine rings is 1. The molecule has 3 heteroatoms. The van der Waals surface area contributed by atoms with Crippen molar-refractivity contribution < 1.29 is 9.90 Å². The fraction of sp³-hybridized carbons (Fsp3) is 0.611. The van der Waals surface area contributed by atoms with Gasteiger partial charge in [-0.05, 0) is 36.9 Å². The molecule has 0 saturated carbocycles. The summed E-state index contributed by atoms with van der Waals surface area (Å²) in [4.78, 5) is 13.6. The molecule has 0 spiro atoms. The van der Waals surface area contributed by atoms with Crippen molar-refractivity contribution >= 4 is 5.97 Å². The normalized spacial score (nSPS) is 20.1. The highest BCUT2D eigenvalue weighted by molar-refractivity contribution is 5.68. The molecule has 1 aromatic carbocycles. The highest BCUT2D eigenvalue weighted by atomic mass is 16.4. The smallest absolute Gasteiger partial charge is 0.305 e. The minimum atomic E-state index is -0.716. The molecule has 1 saturated heterocycles. The molecule has 0 aliphatic carbocycles. The fourth-order valence-corrected chi connectivity index (χ4v) is 3.57. The number of carboxylic acids is 1. The number of carbonyl (C=O) groups is 1. The van der Waals surface area contributed by atoms with Crippen molar-refractivity contribution in [2.24, 2.45) is 5.41 Å². The first-order valence-corrected chi connectivity index (χ1v) is 8.11. The van der Waals surface area contributed by atoms with E-state index in [1.165, 1.54) is 25.7 Å². The largest absolute Gasteiger partial charge is 0.481 e. The highest BCUT2D eigenvalue weighted by Gasteiger charge is 2.34. The summed E-state index contributed by atoms with van der Waals surface area (Å²) in [5.41, 5.74) is 1.60. The van der Waals surface area contributed by atoms with Gasteiger partial charge in [0, 0.05) is 6.04 Å². The molecule has 1 heterocycles. The second-order valence-electron chi connectivity index (χ2n) is 6.27. The second kappa shape index (κ2) is 7.08. The average Bonchev–Trinajstić information content (AvgIpc) is 2.53. The van der Waals surface area contributed by atoms with E-state index in [1.807, 2.05) is 18.2 Å². The van der Waals surface area contributed by atoms with Crippen LogP contribution in [0.2, 0.25) is 0 Å². The van der Waals surface area contributed by atoms with E-state index in [9.17, 15) is 9.90 Å². The van der Waals surface area contributed by atoms with E-state index in [4.69, 9.17) is 0 Å². The van der Waals surface area contributed by atoms with Gasteiger partial charge in [0.05, 0.1) is 6.42 Å². The van der Waals surface area contributed by atoms with Crippen LogP contribution in [0.15, 0.2) is 30.3 Å². The van der Waals surface area contributed by atoms with Gasteiger partial charge in [-0.1, -0.05) is 57.0 Å². The van der Waals surface area contributed by atoms with Crippen LogP contribution in [0.3, 0.4) is 0 Å². The maximum atomic E-state index is 11.2. The van der Waals surface area contributed by atoms with E-state index in [1.54, 1.807) is 0 Å². The van der Waals surface area contributed by atoms with Crippen LogP contribution in [-0.4, -0.2) is 29.1 Å². The van der Waals surface area contributed by atoms with Gasteiger partial charge in [0.2, 0.25) is 0 Å². The van der Waals surface area contributed by atoms with Crippen LogP contribution in [0.1, 0.15) is 57.6 Å². The molecule has 116 valence electrons. The van der Waals surface area contributed by atoms with Crippen LogP contribution in [0.25, 0.3) is 0 Å². The lowest BCUT2D eigenvalue weighted by Crippen LogP contribution is -2.42. The summed E-state index contributed by atoms with van der Waals surface area (Å²) in [5, 5.41) is 9.24. The van der Waals surface area contributed by atoms with E-state index in [0.717, 1.165) is 18.7 Å². The summed E-state index contributed by atoms with van der Waals surface area (Å²) < 4.78 is 0. The van der Waals surface area contributed by atoms with Gasteiger partial charge in [0.25, 0.3) is 0 Å². The van der Waals surface area contributed by atoms with Crippen LogP contribution in [0.4, 0.5) is 0 Å². The molecule has 21 heavy (non-hydrogen) atoms. The van der Waals surface area contributed by atoms with E-state index >= 15 is 0 Å². The summed E-state index contributed by atoms with van der Waals surface area (Å²) >= 11 is 0. The highest BCUT2D eigenvalue weighted by Crippen LogP contribution is 2.40. The maximum Gasteiger partial charge on any atom is 0.305 e. The fourth-order valence-electron chi connectivity index (χ4n) is 3.57. The van der Waals surface area contributed by atoms with Gasteiger partial charge in [-0.2, -0.15) is 0 Å². The molecule has 1 fully saturated rings. The first-order valence-electron chi connectivity index (χ1n) is 8.11. The number of nitrogens with zero attached hydrogens (tertiary/aromatic N) is 1. The Labute approximate surface area is 128 Å². The Bertz CT molecular complexity index is 444. The lowest BCUT2D eigenvalue weighted by atomic mass is 9.74. The third-order valence-electron chi connectivity index (χ3n) is 5.35. The standard InChI is InChI=1S/C18H27NO2/c1-3-18(4-2)10-12-19(13-11-18)16(14-17(20)21)15-8-6-5-7-9-15/h5-9,16H,3-4,10-14H2,1-2H3,(H,20,21). The van der Waals surface area contributed by atoms with Crippen molar-refractivity contribution in [3.05, 3.63) is 35.9 Å². The number of hydrogen-bond donors (Lipinski definition) is 1. The molecule has 1 unspecified atom stereocenters. The van der Waals surface area contributed by atoms with Crippen LogP contribution in [0.5, 0.6) is 0 Å². The van der Waals surface area contributed by atoms with Crippen molar-refractivity contribution in [2.45, 2.75) is 52.0 Å². The van der Waals surface area contributed by atoms with Crippen molar-refractivity contribution in [1.29, 1.82) is 0 Å². The molecule has 0 bridgehead atoms. The molecule has 1 atom stereocenters. The zero-order chi connectivity index (χ0) is 15.3. The van der Waals surface area contributed by atoms with Gasteiger partial charge in [0.1, 0.15) is 0 Å². The van der Waals surface area contributed by atoms with Crippen LogP contribution >= 0.6 is 0 Å². The van der Waals surface area contributed by atoms with Gasteiger partial charge >= 0.3 is 5.97 Å². The average molecular weight is 289 g/mol. The Balaban J connectivity index is 2.11. The van der Waals surface area contributed by atoms with E-state index in [0.29, 0.717) is 5.41 Å². The number of likely N-dealkylation sites (tertiary alicyclic amines) is 1. The van der Waals surface area contributed by atoms with Gasteiger partial charge < -0.3 is 5.11 Å². The molecule has 1 aliphatic heterocycles. The summed E-state index contributed by atoms with van der Waals surface area (Å²) in [5.74, 6) is -0.716. The maximum absolute atomic E-state index is 11.2. The third kappa shape index (κ3) is 3.85. The van der Waals surface area contributed by atoms with Gasteiger partial charge in [-0.3, -0.25) is 9.69 Å². The zero-order valence-electron chi connectivity index (χ0n) is 13.2. The first-order chi connectivity index (χ1) is 10.1. The lowest BCUT2D eigenvalue weighted by molar-refractivity contribution is -0.138.